The number of halogens is 2. The number of anilines is 1. The number of nitriles is 1. The van der Waals surface area contributed by atoms with Gasteiger partial charge in [0.15, 0.2) is 0 Å². The van der Waals surface area contributed by atoms with Gasteiger partial charge in [-0.25, -0.2) is 14.4 Å². The normalized spacial score (nSPS) is 15.3. The standard InChI is InChI=1S/C26H25F2N7/c1-15(11-27)19-9-22-23(33-14-32-22)10-20(19)26-25(16-2-3-17(12-29)21(28)8-16)34-24(13-31-26)35-6-4-18(30)5-7-35/h2-3,8-10,13-15,18H,4-7,11,30H2,1H3,(H,32,33). The molecule has 3 heterocycles. The van der Waals surface area contributed by atoms with E-state index in [9.17, 15) is 14.0 Å². The third-order valence-electron chi connectivity index (χ3n) is 6.60. The zero-order valence-corrected chi connectivity index (χ0v) is 19.3. The van der Waals surface area contributed by atoms with Crippen molar-refractivity contribution in [1.29, 1.82) is 5.26 Å². The van der Waals surface area contributed by atoms with E-state index in [-0.39, 0.29) is 11.6 Å². The van der Waals surface area contributed by atoms with Crippen LogP contribution in [0, 0.1) is 17.1 Å². The molecule has 4 aromatic rings. The summed E-state index contributed by atoms with van der Waals surface area (Å²) in [4.78, 5) is 19.2. The van der Waals surface area contributed by atoms with E-state index in [0.717, 1.165) is 37.0 Å². The maximum Gasteiger partial charge on any atom is 0.147 e. The number of rotatable bonds is 5. The van der Waals surface area contributed by atoms with Gasteiger partial charge in [-0.3, -0.25) is 9.37 Å². The molecule has 0 spiro atoms. The van der Waals surface area contributed by atoms with Gasteiger partial charge in [-0.15, -0.1) is 0 Å². The number of alkyl halides is 1. The number of nitrogens with two attached hydrogens (primary N) is 1. The fourth-order valence-electron chi connectivity index (χ4n) is 4.51. The SMILES string of the molecule is CC(CF)c1cc2[nH]cnc2cc1-c1ncc(N2CCC(N)CC2)nc1-c1ccc(C#N)c(F)c1. The summed E-state index contributed by atoms with van der Waals surface area (Å²) >= 11 is 0. The summed E-state index contributed by atoms with van der Waals surface area (Å²) in [5.41, 5.74) is 10.4. The molecule has 0 radical (unpaired) electrons. The van der Waals surface area contributed by atoms with Gasteiger partial charge in [0.25, 0.3) is 0 Å². The molecule has 35 heavy (non-hydrogen) atoms. The predicted octanol–water partition coefficient (Wildman–Crippen LogP) is 4.70. The highest BCUT2D eigenvalue weighted by atomic mass is 19.1. The molecule has 9 heteroatoms. The second kappa shape index (κ2) is 9.39. The Kier molecular flexibility index (Phi) is 6.14. The minimum absolute atomic E-state index is 0.0471. The molecule has 7 nitrogen and oxygen atoms in total. The second-order valence-electron chi connectivity index (χ2n) is 8.97. The van der Waals surface area contributed by atoms with Gasteiger partial charge in [-0.2, -0.15) is 5.26 Å². The fraction of sp³-hybridized carbons (Fsp3) is 0.308. The Morgan fingerprint density at radius 2 is 2.00 bits per heavy atom. The van der Waals surface area contributed by atoms with Gasteiger partial charge in [0, 0.05) is 36.2 Å². The molecule has 0 amide bonds. The van der Waals surface area contributed by atoms with Crippen LogP contribution in [0.3, 0.4) is 0 Å². The smallest absolute Gasteiger partial charge is 0.147 e. The molecule has 1 fully saturated rings. The van der Waals surface area contributed by atoms with Crippen molar-refractivity contribution in [3.8, 4) is 28.6 Å². The lowest BCUT2D eigenvalue weighted by Gasteiger charge is -2.31. The zero-order valence-electron chi connectivity index (χ0n) is 19.3. The quantitative estimate of drug-likeness (QED) is 0.435. The fourth-order valence-corrected chi connectivity index (χ4v) is 4.51. The lowest BCUT2D eigenvalue weighted by Crippen LogP contribution is -2.40. The number of hydrogen-bond acceptors (Lipinski definition) is 6. The summed E-state index contributed by atoms with van der Waals surface area (Å²) in [6, 6.07) is 10.2. The average Bonchev–Trinajstić information content (AvgIpc) is 3.35. The first-order chi connectivity index (χ1) is 17.0. The first-order valence-corrected chi connectivity index (χ1v) is 11.6. The van der Waals surface area contributed by atoms with E-state index < -0.39 is 18.4 Å². The van der Waals surface area contributed by atoms with Crippen LogP contribution in [-0.2, 0) is 0 Å². The number of piperidine rings is 1. The van der Waals surface area contributed by atoms with Crippen LogP contribution in [0.4, 0.5) is 14.6 Å². The number of hydrogen-bond donors (Lipinski definition) is 2. The van der Waals surface area contributed by atoms with Crippen molar-refractivity contribution in [2.45, 2.75) is 31.7 Å². The van der Waals surface area contributed by atoms with Crippen molar-refractivity contribution in [3.05, 3.63) is 59.8 Å². The number of aromatic nitrogens is 4. The summed E-state index contributed by atoms with van der Waals surface area (Å²) in [5, 5.41) is 9.17. The maximum atomic E-state index is 14.6. The Morgan fingerprint density at radius 3 is 2.71 bits per heavy atom. The topological polar surface area (TPSA) is 108 Å². The molecule has 0 bridgehead atoms. The summed E-state index contributed by atoms with van der Waals surface area (Å²) in [6.45, 7) is 2.76. The molecule has 5 rings (SSSR count). The molecular weight excluding hydrogens is 448 g/mol. The van der Waals surface area contributed by atoms with Crippen molar-refractivity contribution < 1.29 is 8.78 Å². The van der Waals surface area contributed by atoms with Crippen molar-refractivity contribution in [3.63, 3.8) is 0 Å². The number of benzene rings is 2. The molecule has 0 aliphatic carbocycles. The predicted molar refractivity (Wildman–Crippen MR) is 131 cm³/mol. The van der Waals surface area contributed by atoms with Crippen molar-refractivity contribution in [2.24, 2.45) is 5.73 Å². The largest absolute Gasteiger partial charge is 0.355 e. The van der Waals surface area contributed by atoms with E-state index in [4.69, 9.17) is 15.7 Å². The van der Waals surface area contributed by atoms with Gasteiger partial charge in [0.05, 0.1) is 47.2 Å². The molecule has 3 N–H and O–H groups in total. The van der Waals surface area contributed by atoms with E-state index in [2.05, 4.69) is 14.9 Å². The van der Waals surface area contributed by atoms with Crippen LogP contribution in [0.2, 0.25) is 0 Å². The molecule has 1 unspecified atom stereocenters. The van der Waals surface area contributed by atoms with Gasteiger partial charge in [0.1, 0.15) is 17.7 Å². The number of nitrogens with zero attached hydrogens (tertiary/aromatic N) is 5. The number of fused-ring (bicyclic) bond motifs is 1. The lowest BCUT2D eigenvalue weighted by molar-refractivity contribution is 0.448. The lowest BCUT2D eigenvalue weighted by atomic mass is 9.92. The van der Waals surface area contributed by atoms with Crippen molar-refractivity contribution in [1.82, 2.24) is 19.9 Å². The highest BCUT2D eigenvalue weighted by Crippen LogP contribution is 2.37. The Hall–Kier alpha value is -3.90. The summed E-state index contributed by atoms with van der Waals surface area (Å²) < 4.78 is 28.5. The first kappa shape index (κ1) is 22.9. The van der Waals surface area contributed by atoms with Crippen molar-refractivity contribution in [2.75, 3.05) is 24.7 Å². The van der Waals surface area contributed by atoms with Gasteiger partial charge >= 0.3 is 0 Å². The van der Waals surface area contributed by atoms with E-state index >= 15 is 0 Å². The van der Waals surface area contributed by atoms with Crippen LogP contribution in [0.15, 0.2) is 42.9 Å². The Balaban J connectivity index is 1.72. The molecule has 1 aliphatic heterocycles. The van der Waals surface area contributed by atoms with E-state index in [1.54, 1.807) is 25.5 Å². The summed E-state index contributed by atoms with van der Waals surface area (Å²) in [7, 11) is 0. The van der Waals surface area contributed by atoms with Gasteiger partial charge < -0.3 is 15.6 Å². The van der Waals surface area contributed by atoms with Gasteiger partial charge in [-0.1, -0.05) is 13.0 Å². The van der Waals surface area contributed by atoms with Crippen LogP contribution in [-0.4, -0.2) is 45.7 Å². The Morgan fingerprint density at radius 1 is 1.20 bits per heavy atom. The highest BCUT2D eigenvalue weighted by Gasteiger charge is 2.23. The molecule has 2 aromatic heterocycles. The Bertz CT molecular complexity index is 1420. The monoisotopic (exact) mass is 473 g/mol. The minimum Gasteiger partial charge on any atom is -0.355 e. The third-order valence-corrected chi connectivity index (χ3v) is 6.60. The molecule has 0 saturated carbocycles. The third kappa shape index (κ3) is 4.33. The van der Waals surface area contributed by atoms with E-state index in [0.29, 0.717) is 33.8 Å². The van der Waals surface area contributed by atoms with Crippen LogP contribution in [0.25, 0.3) is 33.5 Å². The maximum absolute atomic E-state index is 14.6. The summed E-state index contributed by atoms with van der Waals surface area (Å²) in [6.07, 6.45) is 4.98. The molecule has 1 aliphatic rings. The van der Waals surface area contributed by atoms with Crippen LogP contribution < -0.4 is 10.6 Å². The van der Waals surface area contributed by atoms with E-state index in [1.807, 2.05) is 18.2 Å². The highest BCUT2D eigenvalue weighted by molar-refractivity contribution is 5.88. The Labute approximate surface area is 201 Å². The summed E-state index contributed by atoms with van der Waals surface area (Å²) in [5.74, 6) is -0.359. The molecule has 2 aromatic carbocycles. The molecule has 1 atom stereocenters. The molecule has 178 valence electrons. The average molecular weight is 474 g/mol. The van der Waals surface area contributed by atoms with Gasteiger partial charge in [0.2, 0.25) is 0 Å². The number of nitrogens with one attached hydrogen (secondary N) is 1. The van der Waals surface area contributed by atoms with Crippen LogP contribution in [0.1, 0.15) is 36.8 Å². The van der Waals surface area contributed by atoms with Crippen molar-refractivity contribution >= 4 is 16.9 Å². The second-order valence-corrected chi connectivity index (χ2v) is 8.97. The number of H-pyrrole nitrogens is 1. The molecule has 1 saturated heterocycles. The zero-order chi connectivity index (χ0) is 24.5. The molecular formula is C26H25F2N7. The first-order valence-electron chi connectivity index (χ1n) is 11.6. The number of aromatic amines is 1. The van der Waals surface area contributed by atoms with Crippen LogP contribution in [0.5, 0.6) is 0 Å². The van der Waals surface area contributed by atoms with E-state index in [1.165, 1.54) is 12.1 Å². The van der Waals surface area contributed by atoms with Gasteiger partial charge in [-0.05, 0) is 42.7 Å². The number of imidazole rings is 1. The minimum atomic E-state index is -0.632. The van der Waals surface area contributed by atoms with Crippen LogP contribution >= 0.6 is 0 Å².